The summed E-state index contributed by atoms with van der Waals surface area (Å²) in [4.78, 5) is 90.8. The topological polar surface area (TPSA) is 310 Å². The molecule has 4 aromatic rings. The second-order valence-corrected chi connectivity index (χ2v) is 21.8. The number of thiazole rings is 1. The van der Waals surface area contributed by atoms with Crippen LogP contribution in [-0.2, 0) is 55.0 Å². The average Bonchev–Trinajstić information content (AvgIpc) is 3.67. The van der Waals surface area contributed by atoms with Gasteiger partial charge in [-0.3, -0.25) is 19.5 Å². The molecule has 1 saturated heterocycles. The van der Waals surface area contributed by atoms with Crippen LogP contribution in [0.5, 0.6) is 0 Å². The first-order valence-corrected chi connectivity index (χ1v) is 24.9. The van der Waals surface area contributed by atoms with Gasteiger partial charge in [-0.2, -0.15) is 23.4 Å². The zero-order valence-electron chi connectivity index (χ0n) is 41.0. The van der Waals surface area contributed by atoms with Gasteiger partial charge in [-0.1, -0.05) is 65.8 Å². The first-order chi connectivity index (χ1) is 33.6. The Morgan fingerprint density at radius 2 is 1.43 bits per heavy atom. The van der Waals surface area contributed by atoms with Crippen LogP contribution in [-0.4, -0.2) is 120 Å². The summed E-state index contributed by atoms with van der Waals surface area (Å²) in [5.41, 5.74) is -3.51. The van der Waals surface area contributed by atoms with Crippen molar-refractivity contribution in [1.29, 1.82) is 0 Å². The highest BCUT2D eigenvalue weighted by Gasteiger charge is 2.57. The molecule has 6 rings (SSSR count). The molecule has 2 fully saturated rings. The van der Waals surface area contributed by atoms with E-state index in [0.717, 1.165) is 16.1 Å². The number of carbonyl (C=O) groups excluding carboxylic acids is 6. The number of rotatable bonds is 18. The highest BCUT2D eigenvalue weighted by atomic mass is 32.2. The number of hydrogen-bond donors (Lipinski definition) is 5. The van der Waals surface area contributed by atoms with E-state index in [1.165, 1.54) is 11.6 Å². The highest BCUT2D eigenvalue weighted by molar-refractivity contribution is 7.84. The first kappa shape index (κ1) is 54.1. The summed E-state index contributed by atoms with van der Waals surface area (Å²) >= 11 is 0.873. The third kappa shape index (κ3) is 14.9. The van der Waals surface area contributed by atoms with E-state index >= 15 is 0 Å². The van der Waals surface area contributed by atoms with Crippen molar-refractivity contribution >= 4 is 68.5 Å². The van der Waals surface area contributed by atoms with Crippen LogP contribution in [0.1, 0.15) is 116 Å². The van der Waals surface area contributed by atoms with E-state index in [2.05, 4.69) is 41.6 Å². The zero-order valence-corrected chi connectivity index (χ0v) is 42.7. The van der Waals surface area contributed by atoms with Gasteiger partial charge in [0, 0.05) is 24.8 Å². The standard InChI is InChI=1S/C46H58N10O14S2/c1-43(2,3)67-40(60)47-23-20-29(50-41(61)68-44(4,5)6)30-24-48-55(53-30)25-32-34(37(58)56(32)72(63,64)65)51-36(57)33(31-26-71-39(49-31)52-42(62)69-45(7,8)9)54-70-46(21-22-46)38(59)66-35(27-16-12-10-13-17-27)28-18-14-11-15-19-28/h10-19,24,26,29,32,34-35H,20-23,25H2,1-9H3,(H,47,60)(H,50,61)(H,51,57)(H,49,52,62)(H,63,64,65)/b54-33-/t29-,32+,34-/m0/s1. The molecule has 2 aromatic heterocycles. The average molecular weight is 1040 g/mol. The van der Waals surface area contributed by atoms with Crippen LogP contribution in [0, 0.1) is 0 Å². The Bertz CT molecular complexity index is 2720. The van der Waals surface area contributed by atoms with Crippen LogP contribution >= 0.6 is 11.3 Å². The molecular formula is C46H58N10O14S2. The van der Waals surface area contributed by atoms with E-state index in [0.29, 0.717) is 11.1 Å². The van der Waals surface area contributed by atoms with Crippen molar-refractivity contribution in [1.82, 2.24) is 40.2 Å². The van der Waals surface area contributed by atoms with E-state index in [-0.39, 0.29) is 46.6 Å². The van der Waals surface area contributed by atoms with Crippen molar-refractivity contribution in [3.8, 4) is 0 Å². The zero-order chi connectivity index (χ0) is 52.8. The van der Waals surface area contributed by atoms with E-state index in [4.69, 9.17) is 23.8 Å². The minimum absolute atomic E-state index is 0.0145. The molecule has 5 N–H and O–H groups in total. The van der Waals surface area contributed by atoms with E-state index < -0.39 is 105 Å². The molecular weight excluding hydrogens is 981 g/mol. The Morgan fingerprint density at radius 3 is 1.99 bits per heavy atom. The Labute approximate surface area is 419 Å². The van der Waals surface area contributed by atoms with Crippen molar-refractivity contribution < 1.29 is 65.5 Å². The Kier molecular flexibility index (Phi) is 16.3. The van der Waals surface area contributed by atoms with Gasteiger partial charge in [-0.05, 0) is 79.9 Å². The highest BCUT2D eigenvalue weighted by Crippen LogP contribution is 2.43. The maximum Gasteiger partial charge on any atom is 0.413 e. The van der Waals surface area contributed by atoms with Gasteiger partial charge in [0.2, 0.25) is 5.60 Å². The van der Waals surface area contributed by atoms with E-state index in [1.54, 1.807) is 111 Å². The Hall–Kier alpha value is -7.19. The lowest BCUT2D eigenvalue weighted by molar-refractivity contribution is -0.164. The fourth-order valence-corrected chi connectivity index (χ4v) is 8.42. The molecule has 2 aliphatic rings. The van der Waals surface area contributed by atoms with Crippen LogP contribution in [0.25, 0.3) is 0 Å². The fraction of sp³-hybridized carbons (Fsp3) is 0.478. The van der Waals surface area contributed by atoms with Crippen molar-refractivity contribution in [3.63, 3.8) is 0 Å². The molecule has 2 aromatic carbocycles. The Morgan fingerprint density at radius 1 is 0.861 bits per heavy atom. The number of ether oxygens (including phenoxy) is 4. The summed E-state index contributed by atoms with van der Waals surface area (Å²) in [6.45, 7) is 14.5. The van der Waals surface area contributed by atoms with Crippen LogP contribution < -0.4 is 21.3 Å². The monoisotopic (exact) mass is 1040 g/mol. The number of esters is 1. The number of nitrogens with one attached hydrogen (secondary N) is 4. The minimum Gasteiger partial charge on any atom is -0.450 e. The smallest absolute Gasteiger partial charge is 0.413 e. The molecule has 0 spiro atoms. The number of nitrogens with zero attached hydrogens (tertiary/aromatic N) is 6. The minimum atomic E-state index is -5.24. The molecule has 24 nitrogen and oxygen atoms in total. The molecule has 1 aliphatic heterocycles. The largest absolute Gasteiger partial charge is 0.450 e. The maximum atomic E-state index is 14.3. The third-order valence-electron chi connectivity index (χ3n) is 10.1. The summed E-state index contributed by atoms with van der Waals surface area (Å²) in [6.07, 6.45) is -1.67. The fourth-order valence-electron chi connectivity index (χ4n) is 6.87. The van der Waals surface area contributed by atoms with Crippen LogP contribution in [0.4, 0.5) is 19.5 Å². The lowest BCUT2D eigenvalue weighted by Gasteiger charge is -2.43. The van der Waals surface area contributed by atoms with E-state index in [9.17, 15) is 41.7 Å². The van der Waals surface area contributed by atoms with Gasteiger partial charge >= 0.3 is 34.6 Å². The first-order valence-electron chi connectivity index (χ1n) is 22.6. The number of aromatic nitrogens is 4. The summed E-state index contributed by atoms with van der Waals surface area (Å²) in [7, 11) is -5.24. The van der Waals surface area contributed by atoms with Gasteiger partial charge in [-0.25, -0.2) is 28.5 Å². The number of anilines is 1. The van der Waals surface area contributed by atoms with Gasteiger partial charge in [0.05, 0.1) is 18.8 Å². The van der Waals surface area contributed by atoms with Crippen LogP contribution in [0.3, 0.4) is 0 Å². The van der Waals surface area contributed by atoms with Gasteiger partial charge in [0.15, 0.2) is 16.9 Å². The van der Waals surface area contributed by atoms with Gasteiger partial charge in [-0.15, -0.1) is 11.3 Å². The molecule has 3 atom stereocenters. The van der Waals surface area contributed by atoms with Crippen molar-refractivity contribution in [2.75, 3.05) is 11.9 Å². The molecule has 72 heavy (non-hydrogen) atoms. The summed E-state index contributed by atoms with van der Waals surface area (Å²) in [5.74, 6) is -3.19. The van der Waals surface area contributed by atoms with Gasteiger partial charge in [0.25, 0.3) is 11.8 Å². The summed E-state index contributed by atoms with van der Waals surface area (Å²) in [6, 6.07) is 13.8. The maximum absolute atomic E-state index is 14.3. The van der Waals surface area contributed by atoms with Crippen LogP contribution in [0.15, 0.2) is 77.4 Å². The van der Waals surface area contributed by atoms with E-state index in [1.807, 2.05) is 12.1 Å². The summed E-state index contributed by atoms with van der Waals surface area (Å²) in [5, 5.41) is 24.1. The van der Waals surface area contributed by atoms with Gasteiger partial charge < -0.3 is 39.7 Å². The number of amides is 5. The normalized spacial score (nSPS) is 17.2. The predicted octanol–water partition coefficient (Wildman–Crippen LogP) is 5.35. The number of hydrogen-bond acceptors (Lipinski definition) is 18. The SMILES string of the molecule is CC(C)(C)OC(=O)NCC[C@H](NC(=O)OC(C)(C)C)c1cnn(C[C@@H]2[C@H](NC(=O)/C(=N\OC3(C(=O)OC(c4ccccc4)c4ccccc4)CC3)c3csc(NC(=O)OC(C)(C)C)n3)C(=O)N2S(=O)(=O)O)n1. The lowest BCUT2D eigenvalue weighted by atomic mass is 9.98. The number of alkyl carbamates (subject to hydrolysis) is 2. The number of oxime groups is 1. The lowest BCUT2D eigenvalue weighted by Crippen LogP contribution is -2.73. The number of benzene rings is 2. The van der Waals surface area contributed by atoms with Crippen molar-refractivity contribution in [2.24, 2.45) is 5.16 Å². The molecule has 26 heteroatoms. The Balaban J connectivity index is 1.25. The number of β-lactam (4-membered cyclic amide) rings is 1. The quantitative estimate of drug-likeness (QED) is 0.0209. The predicted molar refractivity (Wildman–Crippen MR) is 257 cm³/mol. The third-order valence-corrected chi connectivity index (χ3v) is 11.9. The van der Waals surface area contributed by atoms with Crippen molar-refractivity contribution in [3.05, 3.63) is 94.8 Å². The second-order valence-electron chi connectivity index (χ2n) is 19.7. The summed E-state index contributed by atoms with van der Waals surface area (Å²) < 4.78 is 57.5. The molecule has 3 heterocycles. The molecule has 5 amide bonds. The molecule has 1 saturated carbocycles. The molecule has 0 unspecified atom stereocenters. The molecule has 0 radical (unpaired) electrons. The number of carbonyl (C=O) groups is 6. The van der Waals surface area contributed by atoms with Crippen LogP contribution in [0.2, 0.25) is 0 Å². The molecule has 0 bridgehead atoms. The molecule has 1 aliphatic carbocycles. The van der Waals surface area contributed by atoms with Crippen molar-refractivity contribution in [2.45, 2.75) is 135 Å². The second kappa shape index (κ2) is 21.7. The molecule has 388 valence electrons. The van der Waals surface area contributed by atoms with Gasteiger partial charge in [0.1, 0.15) is 40.3 Å².